The second-order valence-electron chi connectivity index (χ2n) is 7.48. The fourth-order valence-corrected chi connectivity index (χ4v) is 4.80. The molecule has 0 spiro atoms. The molecule has 136 valence electrons. The predicted octanol–water partition coefficient (Wildman–Crippen LogP) is 3.81. The van der Waals surface area contributed by atoms with E-state index in [1.165, 1.54) is 5.56 Å². The summed E-state index contributed by atoms with van der Waals surface area (Å²) in [7, 11) is -1.76. The van der Waals surface area contributed by atoms with Crippen molar-refractivity contribution in [2.45, 2.75) is 63.8 Å². The van der Waals surface area contributed by atoms with Crippen LogP contribution in [0.5, 0.6) is 0 Å². The molecule has 5 heteroatoms. The summed E-state index contributed by atoms with van der Waals surface area (Å²) in [6.45, 7) is 9.91. The number of nitrogens with zero attached hydrogens (tertiary/aromatic N) is 1. The van der Waals surface area contributed by atoms with Crippen molar-refractivity contribution < 1.29 is 13.2 Å². The molecule has 0 aromatic heterocycles. The molecule has 0 N–H and O–H groups in total. The van der Waals surface area contributed by atoms with Crippen molar-refractivity contribution in [3.05, 3.63) is 29.3 Å². The van der Waals surface area contributed by atoms with E-state index in [1.54, 1.807) is 17.4 Å². The van der Waals surface area contributed by atoms with E-state index < -0.39 is 10.0 Å². The zero-order valence-corrected chi connectivity index (χ0v) is 16.4. The highest BCUT2D eigenvalue weighted by molar-refractivity contribution is 7.89. The van der Waals surface area contributed by atoms with Gasteiger partial charge in [0.15, 0.2) is 0 Å². The van der Waals surface area contributed by atoms with E-state index in [0.717, 1.165) is 24.8 Å². The maximum Gasteiger partial charge on any atom is 0.243 e. The van der Waals surface area contributed by atoms with E-state index in [-0.39, 0.29) is 6.04 Å². The summed E-state index contributed by atoms with van der Waals surface area (Å²) < 4.78 is 33.0. The zero-order chi connectivity index (χ0) is 17.9. The molecule has 0 radical (unpaired) electrons. The van der Waals surface area contributed by atoms with E-state index >= 15 is 0 Å². The Hall–Kier alpha value is -0.910. The first-order chi connectivity index (χ1) is 11.2. The average Bonchev–Trinajstić information content (AvgIpc) is 2.54. The highest BCUT2D eigenvalue weighted by atomic mass is 32.2. The summed E-state index contributed by atoms with van der Waals surface area (Å²) in [5.41, 5.74) is 2.40. The normalized spacial score (nSPS) is 17.2. The minimum absolute atomic E-state index is 0.0297. The van der Waals surface area contributed by atoms with Gasteiger partial charge in [-0.05, 0) is 54.4 Å². The van der Waals surface area contributed by atoms with Gasteiger partial charge in [-0.2, -0.15) is 4.31 Å². The Morgan fingerprint density at radius 3 is 2.33 bits per heavy atom. The quantitative estimate of drug-likeness (QED) is 0.781. The molecule has 0 atom stereocenters. The van der Waals surface area contributed by atoms with Crippen LogP contribution in [0.15, 0.2) is 23.1 Å². The predicted molar refractivity (Wildman–Crippen MR) is 97.9 cm³/mol. The first-order valence-electron chi connectivity index (χ1n) is 8.92. The maximum atomic E-state index is 13.0. The van der Waals surface area contributed by atoms with Crippen LogP contribution in [-0.2, 0) is 21.2 Å². The van der Waals surface area contributed by atoms with Gasteiger partial charge in [0.2, 0.25) is 10.0 Å². The maximum absolute atomic E-state index is 13.0. The lowest BCUT2D eigenvalue weighted by Gasteiger charge is -2.30. The van der Waals surface area contributed by atoms with E-state index in [1.807, 2.05) is 12.1 Å². The Labute approximate surface area is 147 Å². The molecule has 0 saturated carbocycles. The molecule has 1 fully saturated rings. The molecule has 0 unspecified atom stereocenters. The topological polar surface area (TPSA) is 46.6 Å². The number of hydrogen-bond acceptors (Lipinski definition) is 3. The van der Waals surface area contributed by atoms with Crippen molar-refractivity contribution >= 4 is 10.0 Å². The summed E-state index contributed by atoms with van der Waals surface area (Å²) in [6, 6.07) is 5.68. The number of hydrogen-bond donors (Lipinski definition) is 0. The molecule has 0 amide bonds. The van der Waals surface area contributed by atoms with Crippen molar-refractivity contribution in [3.8, 4) is 0 Å². The Balaban J connectivity index is 2.35. The lowest BCUT2D eigenvalue weighted by atomic mass is 9.92. The molecular weight excluding hydrogens is 322 g/mol. The first-order valence-corrected chi connectivity index (χ1v) is 10.4. The van der Waals surface area contributed by atoms with Crippen LogP contribution < -0.4 is 0 Å². The standard InChI is InChI=1S/C19H31NO3S/c1-14(2)12-16-13-18(6-7-19(16)15(3)4)24(21,22)20(5)17-8-10-23-11-9-17/h6-7,13-15,17H,8-12H2,1-5H3. The Kier molecular flexibility index (Phi) is 6.46. The minimum atomic E-state index is -3.46. The molecule has 0 bridgehead atoms. The van der Waals surface area contributed by atoms with E-state index in [9.17, 15) is 8.42 Å². The number of ether oxygens (including phenoxy) is 1. The molecule has 4 nitrogen and oxygen atoms in total. The van der Waals surface area contributed by atoms with E-state index in [4.69, 9.17) is 4.74 Å². The van der Waals surface area contributed by atoms with Gasteiger partial charge in [-0.3, -0.25) is 0 Å². The third-order valence-electron chi connectivity index (χ3n) is 4.75. The third-order valence-corrected chi connectivity index (χ3v) is 6.65. The minimum Gasteiger partial charge on any atom is -0.381 e. The largest absolute Gasteiger partial charge is 0.381 e. The number of sulfonamides is 1. The van der Waals surface area contributed by atoms with Crippen molar-refractivity contribution in [1.82, 2.24) is 4.31 Å². The molecule has 24 heavy (non-hydrogen) atoms. The van der Waals surface area contributed by atoms with Gasteiger partial charge in [0.25, 0.3) is 0 Å². The van der Waals surface area contributed by atoms with Crippen LogP contribution in [0.3, 0.4) is 0 Å². The lowest BCUT2D eigenvalue weighted by molar-refractivity contribution is 0.0632. The van der Waals surface area contributed by atoms with Gasteiger partial charge >= 0.3 is 0 Å². The Bertz CT molecular complexity index is 647. The lowest BCUT2D eigenvalue weighted by Crippen LogP contribution is -2.40. The summed E-state index contributed by atoms with van der Waals surface area (Å²) in [4.78, 5) is 0.413. The number of benzene rings is 1. The molecular formula is C19H31NO3S. The fourth-order valence-electron chi connectivity index (χ4n) is 3.33. The summed E-state index contributed by atoms with van der Waals surface area (Å²) in [6.07, 6.45) is 2.43. The monoisotopic (exact) mass is 353 g/mol. The summed E-state index contributed by atoms with van der Waals surface area (Å²) in [5.74, 6) is 0.886. The second kappa shape index (κ2) is 7.98. The second-order valence-corrected chi connectivity index (χ2v) is 9.48. The molecule has 2 rings (SSSR count). The van der Waals surface area contributed by atoms with E-state index in [0.29, 0.717) is 29.9 Å². The van der Waals surface area contributed by atoms with Gasteiger partial charge in [-0.25, -0.2) is 8.42 Å². The van der Waals surface area contributed by atoms with Crippen molar-refractivity contribution in [2.24, 2.45) is 5.92 Å². The smallest absolute Gasteiger partial charge is 0.243 e. The Morgan fingerprint density at radius 2 is 1.79 bits per heavy atom. The summed E-state index contributed by atoms with van der Waals surface area (Å²) >= 11 is 0. The van der Waals surface area contributed by atoms with Crippen LogP contribution in [0.1, 0.15) is 57.6 Å². The number of rotatable bonds is 6. The van der Waals surface area contributed by atoms with Gasteiger partial charge in [-0.1, -0.05) is 33.8 Å². The van der Waals surface area contributed by atoms with Crippen LogP contribution in [0.25, 0.3) is 0 Å². The van der Waals surface area contributed by atoms with Gasteiger partial charge in [0, 0.05) is 26.3 Å². The van der Waals surface area contributed by atoms with E-state index in [2.05, 4.69) is 27.7 Å². The molecule has 1 aliphatic rings. The zero-order valence-electron chi connectivity index (χ0n) is 15.6. The third kappa shape index (κ3) is 4.38. The fraction of sp³-hybridized carbons (Fsp3) is 0.684. The van der Waals surface area contributed by atoms with Crippen molar-refractivity contribution in [3.63, 3.8) is 0 Å². The average molecular weight is 354 g/mol. The van der Waals surface area contributed by atoms with Gasteiger partial charge < -0.3 is 4.74 Å². The highest BCUT2D eigenvalue weighted by Gasteiger charge is 2.29. The van der Waals surface area contributed by atoms with Crippen LogP contribution in [0.4, 0.5) is 0 Å². The van der Waals surface area contributed by atoms with Crippen LogP contribution >= 0.6 is 0 Å². The van der Waals surface area contributed by atoms with Gasteiger partial charge in [0.05, 0.1) is 4.90 Å². The molecule has 1 aromatic rings. The SMILES string of the molecule is CC(C)Cc1cc(S(=O)(=O)N(C)C2CCOCC2)ccc1C(C)C. The molecule has 0 aliphatic carbocycles. The molecule has 1 saturated heterocycles. The van der Waals surface area contributed by atoms with Gasteiger partial charge in [0.1, 0.15) is 0 Å². The van der Waals surface area contributed by atoms with Crippen molar-refractivity contribution in [1.29, 1.82) is 0 Å². The van der Waals surface area contributed by atoms with Crippen molar-refractivity contribution in [2.75, 3.05) is 20.3 Å². The van der Waals surface area contributed by atoms with Gasteiger partial charge in [-0.15, -0.1) is 0 Å². The highest BCUT2D eigenvalue weighted by Crippen LogP contribution is 2.28. The van der Waals surface area contributed by atoms with Crippen LogP contribution in [-0.4, -0.2) is 39.0 Å². The Morgan fingerprint density at radius 1 is 1.17 bits per heavy atom. The summed E-state index contributed by atoms with van der Waals surface area (Å²) in [5, 5.41) is 0. The molecule has 1 heterocycles. The van der Waals surface area contributed by atoms with Crippen LogP contribution in [0, 0.1) is 5.92 Å². The molecule has 1 aromatic carbocycles. The van der Waals surface area contributed by atoms with Crippen LogP contribution in [0.2, 0.25) is 0 Å². The first kappa shape index (κ1) is 19.4. The molecule has 1 aliphatic heterocycles.